The van der Waals surface area contributed by atoms with Crippen molar-refractivity contribution < 1.29 is 18.7 Å². The lowest BCUT2D eigenvalue weighted by Crippen LogP contribution is -2.35. The lowest BCUT2D eigenvalue weighted by molar-refractivity contribution is -0.115. The lowest BCUT2D eigenvalue weighted by Gasteiger charge is -2.29. The Morgan fingerprint density at radius 2 is 1.93 bits per heavy atom. The first kappa shape index (κ1) is 27.5. The Morgan fingerprint density at radius 1 is 1.15 bits per heavy atom. The third-order valence-electron chi connectivity index (χ3n) is 7.17. The molecule has 0 spiro atoms. The van der Waals surface area contributed by atoms with Gasteiger partial charge in [-0.25, -0.2) is 14.4 Å². The molecule has 0 unspecified atom stereocenters. The molecule has 0 bridgehead atoms. The first-order chi connectivity index (χ1) is 19.1. The topological polar surface area (TPSA) is 105 Å². The van der Waals surface area contributed by atoms with Crippen LogP contribution in [0.3, 0.4) is 0 Å². The standard InChI is InChI=1S/C30H35FN6O3/c1-18-24(9-6-19(28(18)31)14-27(38)34-26-16-25(35-36-26)30(2,3)4)40-29-22-15-21(7-8-23(22)32-17-33-29)39-20-10-12-37(5)13-11-20/h6-9,15-17,20H,10-14H2,1-5H3,(H2,34,35,36,38). The number of carbonyl (C=O) groups is 1. The Labute approximate surface area is 233 Å². The molecule has 2 aromatic carbocycles. The highest BCUT2D eigenvalue weighted by molar-refractivity contribution is 5.91. The molecule has 1 aliphatic heterocycles. The van der Waals surface area contributed by atoms with E-state index in [0.29, 0.717) is 28.4 Å². The molecule has 210 valence electrons. The van der Waals surface area contributed by atoms with E-state index in [1.54, 1.807) is 25.1 Å². The van der Waals surface area contributed by atoms with E-state index in [9.17, 15) is 4.79 Å². The van der Waals surface area contributed by atoms with Crippen LogP contribution in [0.4, 0.5) is 10.2 Å². The molecule has 0 radical (unpaired) electrons. The van der Waals surface area contributed by atoms with Crippen molar-refractivity contribution in [2.75, 3.05) is 25.5 Å². The molecule has 3 heterocycles. The molecule has 0 atom stereocenters. The van der Waals surface area contributed by atoms with Crippen molar-refractivity contribution in [1.82, 2.24) is 25.1 Å². The number of aromatic amines is 1. The normalized spacial score (nSPS) is 14.8. The molecule has 0 saturated carbocycles. The summed E-state index contributed by atoms with van der Waals surface area (Å²) < 4.78 is 27.7. The van der Waals surface area contributed by atoms with Gasteiger partial charge in [-0.1, -0.05) is 26.8 Å². The second-order valence-electron chi connectivity index (χ2n) is 11.4. The van der Waals surface area contributed by atoms with Crippen LogP contribution in [-0.2, 0) is 16.6 Å². The van der Waals surface area contributed by atoms with Gasteiger partial charge in [-0.2, -0.15) is 5.10 Å². The van der Waals surface area contributed by atoms with Gasteiger partial charge in [0.05, 0.1) is 17.3 Å². The number of anilines is 1. The van der Waals surface area contributed by atoms with Crippen molar-refractivity contribution in [2.45, 2.75) is 58.5 Å². The summed E-state index contributed by atoms with van der Waals surface area (Å²) in [6, 6.07) is 10.6. The van der Waals surface area contributed by atoms with Crippen LogP contribution in [-0.4, -0.2) is 57.2 Å². The van der Waals surface area contributed by atoms with Crippen LogP contribution >= 0.6 is 0 Å². The molecule has 1 aliphatic rings. The molecule has 0 aliphatic carbocycles. The molecule has 4 aromatic rings. The molecular formula is C30H35FN6O3. The van der Waals surface area contributed by atoms with Gasteiger partial charge in [0.1, 0.15) is 29.7 Å². The van der Waals surface area contributed by atoms with Crippen molar-refractivity contribution >= 4 is 22.6 Å². The summed E-state index contributed by atoms with van der Waals surface area (Å²) in [7, 11) is 2.11. The minimum atomic E-state index is -0.505. The fourth-order valence-corrected chi connectivity index (χ4v) is 4.67. The highest BCUT2D eigenvalue weighted by Crippen LogP contribution is 2.33. The number of likely N-dealkylation sites (tertiary alicyclic amines) is 1. The molecular weight excluding hydrogens is 511 g/mol. The molecule has 40 heavy (non-hydrogen) atoms. The smallest absolute Gasteiger partial charge is 0.230 e. The summed E-state index contributed by atoms with van der Waals surface area (Å²) in [5.74, 6) is 0.873. The third-order valence-corrected chi connectivity index (χ3v) is 7.17. The molecule has 2 aromatic heterocycles. The molecule has 1 amide bonds. The Hall–Kier alpha value is -4.05. The number of benzene rings is 2. The van der Waals surface area contributed by atoms with E-state index in [1.807, 2.05) is 39.0 Å². The van der Waals surface area contributed by atoms with Gasteiger partial charge in [0.15, 0.2) is 5.82 Å². The van der Waals surface area contributed by atoms with Crippen LogP contribution in [0.25, 0.3) is 10.9 Å². The Bertz CT molecular complexity index is 1520. The number of fused-ring (bicyclic) bond motifs is 1. The molecule has 2 N–H and O–H groups in total. The zero-order valence-corrected chi connectivity index (χ0v) is 23.5. The number of nitrogens with one attached hydrogen (secondary N) is 2. The molecule has 1 saturated heterocycles. The maximum Gasteiger partial charge on any atom is 0.230 e. The monoisotopic (exact) mass is 546 g/mol. The zero-order valence-electron chi connectivity index (χ0n) is 23.5. The van der Waals surface area contributed by atoms with Crippen molar-refractivity contribution in [1.29, 1.82) is 0 Å². The Balaban J connectivity index is 1.30. The van der Waals surface area contributed by atoms with Crippen LogP contribution in [0.5, 0.6) is 17.4 Å². The van der Waals surface area contributed by atoms with Gasteiger partial charge in [0.25, 0.3) is 0 Å². The summed E-state index contributed by atoms with van der Waals surface area (Å²) in [6.07, 6.45) is 3.35. The summed E-state index contributed by atoms with van der Waals surface area (Å²) in [5.41, 5.74) is 2.00. The molecule has 1 fully saturated rings. The van der Waals surface area contributed by atoms with Gasteiger partial charge in [-0.05, 0) is 56.6 Å². The number of piperidine rings is 1. The highest BCUT2D eigenvalue weighted by atomic mass is 19.1. The predicted octanol–water partition coefficient (Wildman–Crippen LogP) is 5.54. The van der Waals surface area contributed by atoms with Crippen LogP contribution in [0.1, 0.15) is 50.4 Å². The fourth-order valence-electron chi connectivity index (χ4n) is 4.67. The summed E-state index contributed by atoms with van der Waals surface area (Å²) in [4.78, 5) is 23.6. The van der Waals surface area contributed by atoms with Crippen LogP contribution in [0, 0.1) is 12.7 Å². The Morgan fingerprint density at radius 3 is 2.65 bits per heavy atom. The highest BCUT2D eigenvalue weighted by Gasteiger charge is 2.21. The maximum atomic E-state index is 15.4. The number of nitrogens with zero attached hydrogens (tertiary/aromatic N) is 4. The third kappa shape index (κ3) is 6.22. The van der Waals surface area contributed by atoms with Crippen LogP contribution in [0.15, 0.2) is 42.7 Å². The number of carbonyl (C=O) groups excluding carboxylic acids is 1. The summed E-state index contributed by atoms with van der Waals surface area (Å²) in [6.45, 7) is 9.75. The zero-order chi connectivity index (χ0) is 28.4. The van der Waals surface area contributed by atoms with Gasteiger partial charge in [0, 0.05) is 35.8 Å². The second kappa shape index (κ2) is 11.2. The molecule has 5 rings (SSSR count). The number of H-pyrrole nitrogens is 1. The van der Waals surface area contributed by atoms with Crippen LogP contribution in [0.2, 0.25) is 0 Å². The number of amides is 1. The van der Waals surface area contributed by atoms with E-state index in [4.69, 9.17) is 9.47 Å². The number of halogens is 1. The van der Waals surface area contributed by atoms with Gasteiger partial charge in [-0.3, -0.25) is 9.89 Å². The second-order valence-corrected chi connectivity index (χ2v) is 11.4. The van der Waals surface area contributed by atoms with Crippen LogP contribution < -0.4 is 14.8 Å². The van der Waals surface area contributed by atoms with E-state index in [1.165, 1.54) is 6.33 Å². The average Bonchev–Trinajstić information content (AvgIpc) is 3.39. The van der Waals surface area contributed by atoms with Gasteiger partial charge < -0.3 is 19.7 Å². The van der Waals surface area contributed by atoms with Crippen molar-refractivity contribution in [3.8, 4) is 17.4 Å². The first-order valence-electron chi connectivity index (χ1n) is 13.5. The maximum absolute atomic E-state index is 15.4. The number of aromatic nitrogens is 4. The molecule has 10 heteroatoms. The molecule has 9 nitrogen and oxygen atoms in total. The van der Waals surface area contributed by atoms with Crippen molar-refractivity contribution in [3.05, 3.63) is 65.4 Å². The number of hydrogen-bond donors (Lipinski definition) is 2. The van der Waals surface area contributed by atoms with Gasteiger partial charge in [-0.15, -0.1) is 0 Å². The number of ether oxygens (including phenoxy) is 2. The quantitative estimate of drug-likeness (QED) is 0.313. The van der Waals surface area contributed by atoms with E-state index in [2.05, 4.69) is 37.4 Å². The number of rotatable bonds is 7. The van der Waals surface area contributed by atoms with Crippen molar-refractivity contribution in [2.24, 2.45) is 0 Å². The van der Waals surface area contributed by atoms with Crippen molar-refractivity contribution in [3.63, 3.8) is 0 Å². The minimum absolute atomic E-state index is 0.134. The fraction of sp³-hybridized carbons (Fsp3) is 0.400. The van der Waals surface area contributed by atoms with E-state index in [0.717, 1.165) is 37.4 Å². The van der Waals surface area contributed by atoms with Gasteiger partial charge in [0.2, 0.25) is 11.8 Å². The minimum Gasteiger partial charge on any atom is -0.490 e. The van der Waals surface area contributed by atoms with E-state index in [-0.39, 0.29) is 35.0 Å². The number of hydrogen-bond acceptors (Lipinski definition) is 7. The SMILES string of the molecule is Cc1c(Oc2ncnc3ccc(OC4CCN(C)CC4)cc23)ccc(CC(=O)Nc2cc(C(C)(C)C)[nH]n2)c1F. The summed E-state index contributed by atoms with van der Waals surface area (Å²) in [5, 5.41) is 10.5. The van der Waals surface area contributed by atoms with E-state index >= 15 is 4.39 Å². The lowest BCUT2D eigenvalue weighted by atomic mass is 9.92. The van der Waals surface area contributed by atoms with E-state index < -0.39 is 5.82 Å². The summed E-state index contributed by atoms with van der Waals surface area (Å²) >= 11 is 0. The first-order valence-corrected chi connectivity index (χ1v) is 13.5. The largest absolute Gasteiger partial charge is 0.490 e. The Kier molecular flexibility index (Phi) is 7.71. The average molecular weight is 547 g/mol. The predicted molar refractivity (Wildman–Crippen MR) is 152 cm³/mol. The van der Waals surface area contributed by atoms with Gasteiger partial charge >= 0.3 is 0 Å².